The van der Waals surface area contributed by atoms with Gasteiger partial charge in [0.15, 0.2) is 23.3 Å². The van der Waals surface area contributed by atoms with Crippen LogP contribution in [0, 0.1) is 23.3 Å². The third-order valence-electron chi connectivity index (χ3n) is 1.72. The largest absolute Gasteiger partial charge is 0.394 e. The van der Waals surface area contributed by atoms with Crippen LogP contribution in [0.15, 0.2) is 6.58 Å². The van der Waals surface area contributed by atoms with Crippen LogP contribution in [-0.4, -0.2) is 0 Å². The molecule has 0 aliphatic rings. The Morgan fingerprint density at radius 3 is 1.64 bits per heavy atom. The lowest BCUT2D eigenvalue weighted by atomic mass is 10.1. The van der Waals surface area contributed by atoms with E-state index in [1.165, 1.54) is 6.92 Å². The molecule has 1 aromatic rings. The van der Waals surface area contributed by atoms with Gasteiger partial charge in [-0.2, -0.15) is 0 Å². The second-order valence-corrected chi connectivity index (χ2v) is 2.82. The van der Waals surface area contributed by atoms with E-state index in [-0.39, 0.29) is 5.57 Å². The van der Waals surface area contributed by atoms with Crippen LogP contribution in [-0.2, 0) is 0 Å². The van der Waals surface area contributed by atoms with Crippen LogP contribution < -0.4 is 5.73 Å². The molecule has 2 N–H and O–H groups in total. The number of rotatable bonds is 1. The van der Waals surface area contributed by atoms with Gasteiger partial charge < -0.3 is 5.73 Å². The van der Waals surface area contributed by atoms with Crippen LogP contribution in [0.25, 0.3) is 5.57 Å². The summed E-state index contributed by atoms with van der Waals surface area (Å²) in [6.45, 7) is 4.44. The molecule has 0 radical (unpaired) electrons. The highest BCUT2D eigenvalue weighted by Crippen LogP contribution is 2.29. The van der Waals surface area contributed by atoms with E-state index >= 15 is 0 Å². The van der Waals surface area contributed by atoms with Crippen molar-refractivity contribution in [3.63, 3.8) is 0 Å². The fourth-order valence-electron chi connectivity index (χ4n) is 1.02. The van der Waals surface area contributed by atoms with Gasteiger partial charge in [0.1, 0.15) is 5.69 Å². The first-order chi connectivity index (χ1) is 6.37. The summed E-state index contributed by atoms with van der Waals surface area (Å²) in [6.07, 6.45) is 0. The Balaban J connectivity index is 3.68. The first kappa shape index (κ1) is 10.6. The molecular weight excluding hydrogens is 198 g/mol. The van der Waals surface area contributed by atoms with Crippen LogP contribution in [0.1, 0.15) is 12.5 Å². The second kappa shape index (κ2) is 3.32. The van der Waals surface area contributed by atoms with Crippen molar-refractivity contribution >= 4 is 11.3 Å². The van der Waals surface area contributed by atoms with E-state index in [1.807, 2.05) is 0 Å². The molecule has 0 spiro atoms. The van der Waals surface area contributed by atoms with Crippen molar-refractivity contribution in [2.75, 3.05) is 5.73 Å². The second-order valence-electron chi connectivity index (χ2n) is 2.82. The van der Waals surface area contributed by atoms with Crippen molar-refractivity contribution < 1.29 is 17.6 Å². The normalized spacial score (nSPS) is 10.4. The number of allylic oxidation sites excluding steroid dienone is 1. The lowest BCUT2D eigenvalue weighted by Crippen LogP contribution is -2.06. The number of nitrogens with two attached hydrogens (primary N) is 1. The van der Waals surface area contributed by atoms with Crippen molar-refractivity contribution in [1.82, 2.24) is 0 Å². The molecule has 0 saturated carbocycles. The first-order valence-corrected chi connectivity index (χ1v) is 3.65. The maximum atomic E-state index is 13.0. The number of halogens is 4. The molecule has 1 nitrogen and oxygen atoms in total. The zero-order valence-corrected chi connectivity index (χ0v) is 7.30. The minimum atomic E-state index is -1.60. The van der Waals surface area contributed by atoms with E-state index in [0.717, 1.165) is 0 Å². The highest BCUT2D eigenvalue weighted by Gasteiger charge is 2.23. The van der Waals surface area contributed by atoms with Gasteiger partial charge in [-0.25, -0.2) is 17.6 Å². The van der Waals surface area contributed by atoms with Gasteiger partial charge in [0.2, 0.25) is 0 Å². The number of anilines is 1. The van der Waals surface area contributed by atoms with Crippen LogP contribution >= 0.6 is 0 Å². The van der Waals surface area contributed by atoms with Crippen molar-refractivity contribution in [3.8, 4) is 0 Å². The van der Waals surface area contributed by atoms with Crippen LogP contribution in [0.4, 0.5) is 23.2 Å². The minimum Gasteiger partial charge on any atom is -0.394 e. The van der Waals surface area contributed by atoms with Gasteiger partial charge in [0, 0.05) is 0 Å². The molecule has 0 fully saturated rings. The Morgan fingerprint density at radius 2 is 1.36 bits per heavy atom. The number of benzene rings is 1. The maximum Gasteiger partial charge on any atom is 0.185 e. The summed E-state index contributed by atoms with van der Waals surface area (Å²) in [7, 11) is 0. The van der Waals surface area contributed by atoms with Crippen molar-refractivity contribution in [2.45, 2.75) is 6.92 Å². The molecule has 5 heteroatoms. The summed E-state index contributed by atoms with van der Waals surface area (Å²) >= 11 is 0. The third-order valence-corrected chi connectivity index (χ3v) is 1.72. The van der Waals surface area contributed by atoms with Crippen LogP contribution in [0.3, 0.4) is 0 Å². The van der Waals surface area contributed by atoms with Gasteiger partial charge in [-0.15, -0.1) is 0 Å². The highest BCUT2D eigenvalue weighted by atomic mass is 19.2. The van der Waals surface area contributed by atoms with Gasteiger partial charge in [-0.1, -0.05) is 6.58 Å². The smallest absolute Gasteiger partial charge is 0.185 e. The van der Waals surface area contributed by atoms with Crippen LogP contribution in [0.5, 0.6) is 0 Å². The number of hydrogen-bond donors (Lipinski definition) is 1. The average molecular weight is 205 g/mol. The lowest BCUT2D eigenvalue weighted by molar-refractivity contribution is 0.456. The maximum absolute atomic E-state index is 13.0. The van der Waals surface area contributed by atoms with Crippen molar-refractivity contribution in [1.29, 1.82) is 0 Å². The molecule has 0 saturated heterocycles. The molecule has 0 heterocycles. The lowest BCUT2D eigenvalue weighted by Gasteiger charge is -2.08. The molecule has 0 aliphatic heterocycles. The molecule has 0 aromatic heterocycles. The standard InChI is InChI=1S/C9H7F4N/c1-3(2)4-5(10)7(12)9(14)8(13)6(4)11/h1,14H2,2H3. The number of hydrogen-bond acceptors (Lipinski definition) is 1. The molecule has 0 aliphatic carbocycles. The molecule has 76 valence electrons. The summed E-state index contributed by atoms with van der Waals surface area (Å²) in [5.41, 5.74) is 2.71. The molecule has 0 atom stereocenters. The summed E-state index contributed by atoms with van der Waals surface area (Å²) in [5.74, 6) is -6.23. The van der Waals surface area contributed by atoms with E-state index in [4.69, 9.17) is 5.73 Å². The Morgan fingerprint density at radius 1 is 1.00 bits per heavy atom. The average Bonchev–Trinajstić information content (AvgIpc) is 2.11. The number of nitrogen functional groups attached to an aromatic ring is 1. The molecule has 0 bridgehead atoms. The van der Waals surface area contributed by atoms with E-state index in [2.05, 4.69) is 6.58 Å². The molecule has 1 rings (SSSR count). The zero-order valence-electron chi connectivity index (χ0n) is 7.30. The first-order valence-electron chi connectivity index (χ1n) is 3.65. The Bertz CT molecular complexity index is 383. The Labute approximate surface area is 77.8 Å². The SMILES string of the molecule is C=C(C)c1c(F)c(F)c(N)c(F)c1F. The topological polar surface area (TPSA) is 26.0 Å². The summed E-state index contributed by atoms with van der Waals surface area (Å²) in [5, 5.41) is 0. The van der Waals surface area contributed by atoms with Gasteiger partial charge in [0.05, 0.1) is 5.56 Å². The molecule has 1 aromatic carbocycles. The summed E-state index contributed by atoms with van der Waals surface area (Å²) < 4.78 is 51.8. The fraction of sp³-hybridized carbons (Fsp3) is 0.111. The van der Waals surface area contributed by atoms with E-state index < -0.39 is 34.5 Å². The quantitative estimate of drug-likeness (QED) is 0.425. The van der Waals surface area contributed by atoms with Gasteiger partial charge in [-0.05, 0) is 12.5 Å². The van der Waals surface area contributed by atoms with E-state index in [9.17, 15) is 17.6 Å². The third kappa shape index (κ3) is 1.34. The minimum absolute atomic E-state index is 0.113. The highest BCUT2D eigenvalue weighted by molar-refractivity contribution is 5.65. The van der Waals surface area contributed by atoms with Gasteiger partial charge in [0.25, 0.3) is 0 Å². The van der Waals surface area contributed by atoms with Gasteiger partial charge in [-0.3, -0.25) is 0 Å². The predicted octanol–water partition coefficient (Wildman–Crippen LogP) is 2.86. The zero-order chi connectivity index (χ0) is 11.0. The predicted molar refractivity (Wildman–Crippen MR) is 45.4 cm³/mol. The monoisotopic (exact) mass is 205 g/mol. The van der Waals surface area contributed by atoms with Crippen LogP contribution in [0.2, 0.25) is 0 Å². The van der Waals surface area contributed by atoms with E-state index in [1.54, 1.807) is 0 Å². The summed E-state index contributed by atoms with van der Waals surface area (Å²) in [4.78, 5) is 0. The van der Waals surface area contributed by atoms with Crippen molar-refractivity contribution in [2.24, 2.45) is 0 Å². The Kier molecular flexibility index (Phi) is 2.51. The Hall–Kier alpha value is -1.52. The fourth-order valence-corrected chi connectivity index (χ4v) is 1.02. The summed E-state index contributed by atoms with van der Waals surface area (Å²) in [6, 6.07) is 0. The molecule has 0 unspecified atom stereocenters. The van der Waals surface area contributed by atoms with Gasteiger partial charge >= 0.3 is 0 Å². The van der Waals surface area contributed by atoms with E-state index in [0.29, 0.717) is 0 Å². The molecular formula is C9H7F4N. The molecule has 0 amide bonds. The molecule has 14 heavy (non-hydrogen) atoms. The van der Waals surface area contributed by atoms with Crippen molar-refractivity contribution in [3.05, 3.63) is 35.4 Å².